The molecule has 2 saturated heterocycles. The summed E-state index contributed by atoms with van der Waals surface area (Å²) in [5, 5.41) is 7.47. The molecule has 0 spiro atoms. The number of amides is 2. The van der Waals surface area contributed by atoms with Gasteiger partial charge >= 0.3 is 0 Å². The molecular formula is C37H40ClFN6O5. The molecule has 0 aliphatic carbocycles. The summed E-state index contributed by atoms with van der Waals surface area (Å²) >= 11 is 6.57. The standard InChI is InChI=1S/C37H40ClFN6O5/c1-2-36(47)45-11-9-25(10-12-45)19-35(46)43-32-21-29-31(22-34(32)49-18-15-44-13-16-48-17-14-44)40-24-41-37(29)42-28-7-8-33(30(38)20-28)50-23-26-3-5-27(39)6-4-26/h2-8,20-22,24-25H,1,9-19,23H2,(H,43,46)(H,40,41,42). The SMILES string of the molecule is C=CC(=O)N1CCC(CC(=O)Nc2cc3c(Nc4ccc(OCc5ccc(F)cc5)c(Cl)c4)ncnc3cc2OCCN2CCOCC2)CC1. The summed E-state index contributed by atoms with van der Waals surface area (Å²) in [6, 6.07) is 15.0. The molecule has 2 N–H and O–H groups in total. The highest BCUT2D eigenvalue weighted by molar-refractivity contribution is 6.32. The van der Waals surface area contributed by atoms with E-state index in [4.69, 9.17) is 25.8 Å². The largest absolute Gasteiger partial charge is 0.490 e. The molecule has 2 aliphatic rings. The Morgan fingerprint density at radius 1 is 1.00 bits per heavy atom. The predicted molar refractivity (Wildman–Crippen MR) is 191 cm³/mol. The molecule has 0 saturated carbocycles. The number of carbonyl (C=O) groups excluding carboxylic acids is 2. The van der Waals surface area contributed by atoms with Gasteiger partial charge in [0.05, 0.1) is 29.4 Å². The Balaban J connectivity index is 1.18. The average Bonchev–Trinajstić information content (AvgIpc) is 3.13. The number of aromatic nitrogens is 2. The lowest BCUT2D eigenvalue weighted by Gasteiger charge is -2.31. The Labute approximate surface area is 295 Å². The molecule has 2 aliphatic heterocycles. The van der Waals surface area contributed by atoms with Crippen LogP contribution in [-0.4, -0.2) is 84.1 Å². The summed E-state index contributed by atoms with van der Waals surface area (Å²) in [6.07, 6.45) is 4.61. The Bertz CT molecular complexity index is 1810. The highest BCUT2D eigenvalue weighted by Crippen LogP contribution is 2.35. The van der Waals surface area contributed by atoms with Crippen molar-refractivity contribution in [3.05, 3.63) is 90.0 Å². The summed E-state index contributed by atoms with van der Waals surface area (Å²) in [5.74, 6) is 1.14. The molecule has 0 unspecified atom stereocenters. The molecule has 3 aromatic carbocycles. The first-order valence-corrected chi connectivity index (χ1v) is 17.1. The lowest BCUT2D eigenvalue weighted by atomic mass is 9.93. The zero-order valence-electron chi connectivity index (χ0n) is 27.7. The number of piperidine rings is 1. The van der Waals surface area contributed by atoms with E-state index in [9.17, 15) is 14.0 Å². The van der Waals surface area contributed by atoms with Crippen molar-refractivity contribution in [2.75, 3.05) is 63.2 Å². The fraction of sp³-hybridized carbons (Fsp3) is 0.351. The van der Waals surface area contributed by atoms with E-state index >= 15 is 0 Å². The van der Waals surface area contributed by atoms with Gasteiger partial charge in [-0.3, -0.25) is 14.5 Å². The third-order valence-corrected chi connectivity index (χ3v) is 9.15. The fourth-order valence-corrected chi connectivity index (χ4v) is 6.27. The van der Waals surface area contributed by atoms with Crippen LogP contribution in [0.5, 0.6) is 11.5 Å². The van der Waals surface area contributed by atoms with E-state index in [1.54, 1.807) is 29.2 Å². The maximum atomic E-state index is 13.4. The molecule has 50 heavy (non-hydrogen) atoms. The van der Waals surface area contributed by atoms with Crippen molar-refractivity contribution < 1.29 is 28.2 Å². The van der Waals surface area contributed by atoms with Gasteiger partial charge in [-0.2, -0.15) is 0 Å². The quantitative estimate of drug-likeness (QED) is 0.157. The van der Waals surface area contributed by atoms with Gasteiger partial charge in [-0.15, -0.1) is 0 Å². The number of ether oxygens (including phenoxy) is 3. The number of halogens is 2. The molecule has 0 bridgehead atoms. The third kappa shape index (κ3) is 9.26. The van der Waals surface area contributed by atoms with Crippen LogP contribution in [0.4, 0.5) is 21.6 Å². The number of morpholine rings is 1. The molecule has 2 amide bonds. The lowest BCUT2D eigenvalue weighted by Crippen LogP contribution is -2.38. The van der Waals surface area contributed by atoms with Gasteiger partial charge < -0.3 is 29.7 Å². The smallest absolute Gasteiger partial charge is 0.245 e. The molecule has 13 heteroatoms. The molecule has 11 nitrogen and oxygen atoms in total. The van der Waals surface area contributed by atoms with E-state index in [0.717, 1.165) is 38.0 Å². The van der Waals surface area contributed by atoms with Crippen LogP contribution in [0.25, 0.3) is 10.9 Å². The molecule has 2 fully saturated rings. The first-order valence-electron chi connectivity index (χ1n) is 16.7. The summed E-state index contributed by atoms with van der Waals surface area (Å²) in [6.45, 7) is 9.24. The molecule has 6 rings (SSSR count). The number of hydrogen-bond donors (Lipinski definition) is 2. The van der Waals surface area contributed by atoms with Crippen molar-refractivity contribution in [2.24, 2.45) is 5.92 Å². The van der Waals surface area contributed by atoms with E-state index in [-0.39, 0.29) is 30.2 Å². The second kappa shape index (κ2) is 16.8. The van der Waals surface area contributed by atoms with Crippen molar-refractivity contribution >= 4 is 51.5 Å². The van der Waals surface area contributed by atoms with Crippen molar-refractivity contribution in [3.8, 4) is 11.5 Å². The zero-order valence-corrected chi connectivity index (χ0v) is 28.5. The van der Waals surface area contributed by atoms with Crippen molar-refractivity contribution in [3.63, 3.8) is 0 Å². The number of fused-ring (bicyclic) bond motifs is 1. The number of hydrogen-bond acceptors (Lipinski definition) is 9. The number of carbonyl (C=O) groups is 2. The van der Waals surface area contributed by atoms with E-state index < -0.39 is 0 Å². The normalized spacial score (nSPS) is 15.4. The van der Waals surface area contributed by atoms with Crippen LogP contribution in [0.1, 0.15) is 24.8 Å². The number of nitrogens with one attached hydrogen (secondary N) is 2. The van der Waals surface area contributed by atoms with Gasteiger partial charge in [0.1, 0.15) is 42.7 Å². The Morgan fingerprint density at radius 2 is 1.78 bits per heavy atom. The molecule has 0 radical (unpaired) electrons. The van der Waals surface area contributed by atoms with Crippen LogP contribution in [0.2, 0.25) is 5.02 Å². The number of benzene rings is 3. The summed E-state index contributed by atoms with van der Waals surface area (Å²) in [4.78, 5) is 38.4. The third-order valence-electron chi connectivity index (χ3n) is 8.86. The molecule has 262 valence electrons. The van der Waals surface area contributed by atoms with Crippen LogP contribution < -0.4 is 20.1 Å². The minimum Gasteiger partial charge on any atom is -0.490 e. The topological polar surface area (TPSA) is 118 Å². The predicted octanol–water partition coefficient (Wildman–Crippen LogP) is 6.21. The lowest BCUT2D eigenvalue weighted by molar-refractivity contribution is -0.127. The number of likely N-dealkylation sites (tertiary alicyclic amines) is 1. The monoisotopic (exact) mass is 702 g/mol. The minimum absolute atomic E-state index is 0.0806. The zero-order chi connectivity index (χ0) is 34.9. The van der Waals surface area contributed by atoms with Gasteiger partial charge in [0.2, 0.25) is 11.8 Å². The van der Waals surface area contributed by atoms with Crippen LogP contribution in [0.15, 0.2) is 73.6 Å². The highest BCUT2D eigenvalue weighted by Gasteiger charge is 2.24. The molecule has 0 atom stereocenters. The molecular weight excluding hydrogens is 663 g/mol. The fourth-order valence-electron chi connectivity index (χ4n) is 6.03. The number of anilines is 3. The van der Waals surface area contributed by atoms with Gasteiger partial charge in [-0.25, -0.2) is 14.4 Å². The Morgan fingerprint density at radius 3 is 2.52 bits per heavy atom. The maximum Gasteiger partial charge on any atom is 0.245 e. The van der Waals surface area contributed by atoms with Crippen LogP contribution in [-0.2, 0) is 20.9 Å². The first kappa shape index (κ1) is 35.1. The van der Waals surface area contributed by atoms with Gasteiger partial charge in [0.15, 0.2) is 0 Å². The minimum atomic E-state index is -0.308. The summed E-state index contributed by atoms with van der Waals surface area (Å²) in [5.41, 5.74) is 2.63. The van der Waals surface area contributed by atoms with E-state index in [1.807, 2.05) is 18.2 Å². The van der Waals surface area contributed by atoms with Crippen molar-refractivity contribution in [2.45, 2.75) is 25.9 Å². The van der Waals surface area contributed by atoms with E-state index in [1.165, 1.54) is 24.5 Å². The number of nitrogens with zero attached hydrogens (tertiary/aromatic N) is 4. The number of rotatable bonds is 13. The summed E-state index contributed by atoms with van der Waals surface area (Å²) in [7, 11) is 0. The van der Waals surface area contributed by atoms with E-state index in [0.29, 0.717) is 83.9 Å². The van der Waals surface area contributed by atoms with Crippen LogP contribution in [0.3, 0.4) is 0 Å². The average molecular weight is 703 g/mol. The van der Waals surface area contributed by atoms with Gasteiger partial charge in [0.25, 0.3) is 0 Å². The van der Waals surface area contributed by atoms with Gasteiger partial charge in [-0.1, -0.05) is 30.3 Å². The highest BCUT2D eigenvalue weighted by atomic mass is 35.5. The van der Waals surface area contributed by atoms with Gasteiger partial charge in [-0.05, 0) is 66.8 Å². The molecule has 1 aromatic heterocycles. The Kier molecular flexibility index (Phi) is 11.7. The van der Waals surface area contributed by atoms with Crippen LogP contribution in [0, 0.1) is 11.7 Å². The second-order valence-corrected chi connectivity index (χ2v) is 12.7. The Hall–Kier alpha value is -4.78. The first-order chi connectivity index (χ1) is 24.3. The molecule has 3 heterocycles. The van der Waals surface area contributed by atoms with Crippen LogP contribution >= 0.6 is 11.6 Å². The van der Waals surface area contributed by atoms with Crippen molar-refractivity contribution in [1.29, 1.82) is 0 Å². The maximum absolute atomic E-state index is 13.4. The van der Waals surface area contributed by atoms with E-state index in [2.05, 4.69) is 32.1 Å². The van der Waals surface area contributed by atoms with Gasteiger partial charge in [0, 0.05) is 56.3 Å². The molecule has 4 aromatic rings. The summed E-state index contributed by atoms with van der Waals surface area (Å²) < 4.78 is 30.8. The van der Waals surface area contributed by atoms with Crippen molar-refractivity contribution in [1.82, 2.24) is 19.8 Å². The second-order valence-electron chi connectivity index (χ2n) is 12.3.